The van der Waals surface area contributed by atoms with Crippen LogP contribution in [0, 0.1) is 11.7 Å². The maximum absolute atomic E-state index is 13.3. The van der Waals surface area contributed by atoms with E-state index in [1.165, 1.54) is 4.90 Å². The maximum Gasteiger partial charge on any atom is 0.419 e. The first-order chi connectivity index (χ1) is 11.2. The number of aliphatic carboxylic acids is 1. The molecule has 1 heterocycles. The number of carbonyl (C=O) groups is 2. The van der Waals surface area contributed by atoms with Crippen LogP contribution >= 0.6 is 0 Å². The van der Waals surface area contributed by atoms with Crippen molar-refractivity contribution in [3.05, 3.63) is 35.1 Å². The third-order valence-electron chi connectivity index (χ3n) is 4.12. The number of alkyl halides is 3. The molecule has 8 heteroatoms. The van der Waals surface area contributed by atoms with Gasteiger partial charge in [-0.2, -0.15) is 13.2 Å². The molecular weight excluding hydrogens is 330 g/mol. The highest BCUT2D eigenvalue weighted by atomic mass is 19.4. The molecule has 0 aromatic heterocycles. The maximum atomic E-state index is 13.3. The molecule has 1 saturated heterocycles. The molecule has 132 valence electrons. The highest BCUT2D eigenvalue weighted by molar-refractivity contribution is 5.94. The summed E-state index contributed by atoms with van der Waals surface area (Å²) in [7, 11) is 0. The van der Waals surface area contributed by atoms with Gasteiger partial charge in [-0.05, 0) is 43.4 Å². The van der Waals surface area contributed by atoms with E-state index < -0.39 is 29.4 Å². The molecule has 4 nitrogen and oxygen atoms in total. The van der Waals surface area contributed by atoms with E-state index in [-0.39, 0.29) is 24.4 Å². The number of hydrogen-bond donors (Lipinski definition) is 1. The molecule has 0 unspecified atom stereocenters. The highest BCUT2D eigenvalue weighted by Gasteiger charge is 2.35. The van der Waals surface area contributed by atoms with Crippen molar-refractivity contribution in [2.24, 2.45) is 5.92 Å². The molecule has 0 bridgehead atoms. The number of halogens is 4. The predicted molar refractivity (Wildman–Crippen MR) is 76.9 cm³/mol. The van der Waals surface area contributed by atoms with Crippen LogP contribution < -0.4 is 0 Å². The second-order valence-electron chi connectivity index (χ2n) is 5.88. The number of benzene rings is 1. The van der Waals surface area contributed by atoms with E-state index in [1.807, 2.05) is 0 Å². The molecule has 1 N–H and O–H groups in total. The second-order valence-corrected chi connectivity index (χ2v) is 5.88. The van der Waals surface area contributed by atoms with Crippen molar-refractivity contribution >= 4 is 11.9 Å². The van der Waals surface area contributed by atoms with Crippen molar-refractivity contribution in [3.8, 4) is 0 Å². The number of likely N-dealkylation sites (tertiary alicyclic amines) is 1. The van der Waals surface area contributed by atoms with Crippen LogP contribution in [0.4, 0.5) is 17.6 Å². The van der Waals surface area contributed by atoms with Crippen LogP contribution in [0.15, 0.2) is 18.2 Å². The van der Waals surface area contributed by atoms with Gasteiger partial charge in [0, 0.05) is 25.1 Å². The molecular formula is C16H17F4NO3. The predicted octanol–water partition coefficient (Wildman–Crippen LogP) is 3.56. The van der Waals surface area contributed by atoms with Crippen LogP contribution in [0.3, 0.4) is 0 Å². The average molecular weight is 347 g/mol. The van der Waals surface area contributed by atoms with Crippen molar-refractivity contribution < 1.29 is 32.3 Å². The zero-order valence-corrected chi connectivity index (χ0v) is 12.8. The molecule has 0 saturated carbocycles. The van der Waals surface area contributed by atoms with Gasteiger partial charge >= 0.3 is 12.1 Å². The number of nitrogens with zero attached hydrogens (tertiary/aromatic N) is 1. The number of amides is 1. The molecule has 0 spiro atoms. The monoisotopic (exact) mass is 347 g/mol. The van der Waals surface area contributed by atoms with E-state index in [1.54, 1.807) is 0 Å². The van der Waals surface area contributed by atoms with E-state index in [9.17, 15) is 27.2 Å². The average Bonchev–Trinajstić information content (AvgIpc) is 2.71. The smallest absolute Gasteiger partial charge is 0.419 e. The standard InChI is InChI=1S/C16H17F4NO3/c17-13-4-3-11(9-12(13)16(18,19)20)15(24)21-6-1-2-10(5-7-21)8-14(22)23/h3-4,9-10H,1-2,5-8H2,(H,22,23)/t10-/m0/s1. The van der Waals surface area contributed by atoms with Crippen LogP contribution in [0.2, 0.25) is 0 Å². The third-order valence-corrected chi connectivity index (χ3v) is 4.12. The first kappa shape index (κ1) is 18.2. The third kappa shape index (κ3) is 4.46. The Balaban J connectivity index is 2.13. The Kier molecular flexibility index (Phi) is 5.46. The second kappa shape index (κ2) is 7.19. The normalized spacial score (nSPS) is 19.0. The van der Waals surface area contributed by atoms with Crippen molar-refractivity contribution in [2.45, 2.75) is 31.9 Å². The minimum absolute atomic E-state index is 0.0107. The fourth-order valence-electron chi connectivity index (χ4n) is 2.88. The van der Waals surface area contributed by atoms with Gasteiger partial charge in [-0.3, -0.25) is 9.59 Å². The summed E-state index contributed by atoms with van der Waals surface area (Å²) in [6.07, 6.45) is -3.15. The molecule has 1 aromatic carbocycles. The molecule has 2 rings (SSSR count). The lowest BCUT2D eigenvalue weighted by Gasteiger charge is -2.21. The van der Waals surface area contributed by atoms with Crippen molar-refractivity contribution in [2.75, 3.05) is 13.1 Å². The Morgan fingerprint density at radius 2 is 1.92 bits per heavy atom. The first-order valence-electron chi connectivity index (χ1n) is 7.56. The van der Waals surface area contributed by atoms with E-state index >= 15 is 0 Å². The van der Waals surface area contributed by atoms with Crippen LogP contribution in [0.1, 0.15) is 41.6 Å². The topological polar surface area (TPSA) is 57.6 Å². The van der Waals surface area contributed by atoms with Crippen molar-refractivity contribution in [3.63, 3.8) is 0 Å². The van der Waals surface area contributed by atoms with Gasteiger partial charge in [-0.25, -0.2) is 4.39 Å². The molecule has 1 aromatic rings. The molecule has 1 atom stereocenters. The molecule has 1 amide bonds. The lowest BCUT2D eigenvalue weighted by Crippen LogP contribution is -2.32. The minimum Gasteiger partial charge on any atom is -0.481 e. The number of carbonyl (C=O) groups excluding carboxylic acids is 1. The summed E-state index contributed by atoms with van der Waals surface area (Å²) in [6.45, 7) is 0.614. The van der Waals surface area contributed by atoms with Gasteiger partial charge in [0.15, 0.2) is 0 Å². The molecule has 24 heavy (non-hydrogen) atoms. The molecule has 0 radical (unpaired) electrons. The zero-order valence-electron chi connectivity index (χ0n) is 12.8. The van der Waals surface area contributed by atoms with Crippen molar-refractivity contribution in [1.29, 1.82) is 0 Å². The lowest BCUT2D eigenvalue weighted by molar-refractivity contribution is -0.140. The summed E-state index contributed by atoms with van der Waals surface area (Å²) in [4.78, 5) is 24.5. The highest BCUT2D eigenvalue weighted by Crippen LogP contribution is 2.32. The number of hydrogen-bond acceptors (Lipinski definition) is 2. The van der Waals surface area contributed by atoms with Gasteiger partial charge in [-0.15, -0.1) is 0 Å². The van der Waals surface area contributed by atoms with Crippen LogP contribution in [0.25, 0.3) is 0 Å². The van der Waals surface area contributed by atoms with Gasteiger partial charge in [0.2, 0.25) is 0 Å². The summed E-state index contributed by atoms with van der Waals surface area (Å²) in [5.41, 5.74) is -1.69. The minimum atomic E-state index is -4.87. The van der Waals surface area contributed by atoms with E-state index in [2.05, 4.69) is 0 Å². The van der Waals surface area contributed by atoms with Crippen LogP contribution in [-0.4, -0.2) is 35.0 Å². The van der Waals surface area contributed by atoms with Gasteiger partial charge < -0.3 is 10.0 Å². The Morgan fingerprint density at radius 1 is 1.21 bits per heavy atom. The van der Waals surface area contributed by atoms with Gasteiger partial charge in [0.1, 0.15) is 5.82 Å². The summed E-state index contributed by atoms with van der Waals surface area (Å²) < 4.78 is 51.6. The molecule has 1 fully saturated rings. The van der Waals surface area contributed by atoms with Crippen molar-refractivity contribution in [1.82, 2.24) is 4.90 Å². The Bertz CT molecular complexity index is 630. The quantitative estimate of drug-likeness (QED) is 0.851. The fourth-order valence-corrected chi connectivity index (χ4v) is 2.88. The first-order valence-corrected chi connectivity index (χ1v) is 7.56. The van der Waals surface area contributed by atoms with Gasteiger partial charge in [0.05, 0.1) is 5.56 Å². The lowest BCUT2D eigenvalue weighted by atomic mass is 9.97. The number of rotatable bonds is 3. The summed E-state index contributed by atoms with van der Waals surface area (Å²) in [6, 6.07) is 2.20. The summed E-state index contributed by atoms with van der Waals surface area (Å²) >= 11 is 0. The SMILES string of the molecule is O=C(O)C[C@H]1CCCN(C(=O)c2ccc(F)c(C(F)(F)F)c2)CC1. The summed E-state index contributed by atoms with van der Waals surface area (Å²) in [5, 5.41) is 8.82. The molecule has 1 aliphatic heterocycles. The number of carboxylic acid groups (broad SMARTS) is 1. The van der Waals surface area contributed by atoms with E-state index in [0.717, 1.165) is 6.07 Å². The molecule has 1 aliphatic rings. The van der Waals surface area contributed by atoms with Gasteiger partial charge in [-0.1, -0.05) is 0 Å². The Hall–Kier alpha value is -2.12. The summed E-state index contributed by atoms with van der Waals surface area (Å²) in [5.74, 6) is -2.99. The number of carboxylic acids is 1. The fraction of sp³-hybridized carbons (Fsp3) is 0.500. The zero-order chi connectivity index (χ0) is 17.9. The molecule has 0 aliphatic carbocycles. The Labute approximate surface area is 136 Å². The van der Waals surface area contributed by atoms with Crippen LogP contribution in [-0.2, 0) is 11.0 Å². The van der Waals surface area contributed by atoms with Crippen LogP contribution in [0.5, 0.6) is 0 Å². The van der Waals surface area contributed by atoms with E-state index in [0.29, 0.717) is 37.9 Å². The van der Waals surface area contributed by atoms with E-state index in [4.69, 9.17) is 5.11 Å². The van der Waals surface area contributed by atoms with Gasteiger partial charge in [0.25, 0.3) is 5.91 Å². The Morgan fingerprint density at radius 3 is 2.54 bits per heavy atom. The largest absolute Gasteiger partial charge is 0.481 e.